The fourth-order valence-corrected chi connectivity index (χ4v) is 2.07. The number of nitrogens with one attached hydrogen (secondary N) is 1. The number of carbonyl (C=O) groups excluding carboxylic acids is 2. The van der Waals surface area contributed by atoms with E-state index in [1.165, 1.54) is 7.11 Å². The van der Waals surface area contributed by atoms with Crippen LogP contribution >= 0.6 is 0 Å². The fraction of sp³-hybridized carbons (Fsp3) is 0.222. The second kappa shape index (κ2) is 7.45. The van der Waals surface area contributed by atoms with E-state index in [4.69, 9.17) is 4.74 Å². The number of likely N-dealkylation sites (N-methyl/N-ethyl adjacent to an activating group) is 1. The molecule has 120 valence electrons. The largest absolute Gasteiger partial charge is 0.496 e. The van der Waals surface area contributed by atoms with Gasteiger partial charge >= 0.3 is 0 Å². The standard InChI is InChI=1S/C18H20N2O3/c1-20(2)17(21)12-13-8-10-14(11-9-13)19-18(22)15-6-4-5-7-16(15)23-3/h4-11H,12H2,1-3H3,(H,19,22). The predicted octanol–water partition coefficient (Wildman–Crippen LogP) is 2.58. The van der Waals surface area contributed by atoms with Crippen LogP contribution in [-0.4, -0.2) is 37.9 Å². The molecule has 2 aromatic rings. The van der Waals surface area contributed by atoms with Crippen molar-refractivity contribution in [1.82, 2.24) is 4.90 Å². The number of para-hydroxylation sites is 1. The highest BCUT2D eigenvalue weighted by Gasteiger charge is 2.12. The molecule has 0 aliphatic rings. The van der Waals surface area contributed by atoms with Gasteiger partial charge in [0.1, 0.15) is 5.75 Å². The lowest BCUT2D eigenvalue weighted by atomic mass is 10.1. The van der Waals surface area contributed by atoms with E-state index >= 15 is 0 Å². The molecule has 0 saturated heterocycles. The van der Waals surface area contributed by atoms with Gasteiger partial charge in [-0.1, -0.05) is 24.3 Å². The smallest absolute Gasteiger partial charge is 0.259 e. The SMILES string of the molecule is COc1ccccc1C(=O)Nc1ccc(CC(=O)N(C)C)cc1. The van der Waals surface area contributed by atoms with Gasteiger partial charge in [-0.3, -0.25) is 9.59 Å². The molecule has 2 rings (SSSR count). The second-order valence-corrected chi connectivity index (χ2v) is 5.32. The van der Waals surface area contributed by atoms with Crippen molar-refractivity contribution in [2.45, 2.75) is 6.42 Å². The van der Waals surface area contributed by atoms with Gasteiger partial charge in [0, 0.05) is 19.8 Å². The van der Waals surface area contributed by atoms with Crippen LogP contribution in [-0.2, 0) is 11.2 Å². The molecule has 0 aromatic heterocycles. The lowest BCUT2D eigenvalue weighted by Crippen LogP contribution is -2.23. The normalized spacial score (nSPS) is 10.0. The van der Waals surface area contributed by atoms with Crippen LogP contribution in [0.15, 0.2) is 48.5 Å². The van der Waals surface area contributed by atoms with Crippen LogP contribution in [0.1, 0.15) is 15.9 Å². The molecule has 0 spiro atoms. The molecule has 0 saturated carbocycles. The number of ether oxygens (including phenoxy) is 1. The maximum Gasteiger partial charge on any atom is 0.259 e. The first-order chi connectivity index (χ1) is 11.0. The molecule has 0 aliphatic carbocycles. The third-order valence-electron chi connectivity index (χ3n) is 3.42. The summed E-state index contributed by atoms with van der Waals surface area (Å²) in [5, 5.41) is 2.82. The summed E-state index contributed by atoms with van der Waals surface area (Å²) in [6.07, 6.45) is 0.341. The van der Waals surface area contributed by atoms with E-state index in [0.717, 1.165) is 5.56 Å². The lowest BCUT2D eigenvalue weighted by Gasteiger charge is -2.11. The quantitative estimate of drug-likeness (QED) is 0.923. The first-order valence-electron chi connectivity index (χ1n) is 7.24. The summed E-state index contributed by atoms with van der Waals surface area (Å²) in [5.41, 5.74) is 2.04. The zero-order chi connectivity index (χ0) is 16.8. The van der Waals surface area contributed by atoms with Crippen LogP contribution in [0.25, 0.3) is 0 Å². The van der Waals surface area contributed by atoms with Gasteiger partial charge in [-0.25, -0.2) is 0 Å². The number of hydrogen-bond donors (Lipinski definition) is 1. The number of anilines is 1. The maximum absolute atomic E-state index is 12.3. The Morgan fingerprint density at radius 2 is 1.70 bits per heavy atom. The topological polar surface area (TPSA) is 58.6 Å². The van der Waals surface area contributed by atoms with Crippen molar-refractivity contribution in [2.75, 3.05) is 26.5 Å². The van der Waals surface area contributed by atoms with E-state index in [9.17, 15) is 9.59 Å². The van der Waals surface area contributed by atoms with Crippen molar-refractivity contribution in [1.29, 1.82) is 0 Å². The molecular formula is C18H20N2O3. The van der Waals surface area contributed by atoms with Gasteiger partial charge in [0.2, 0.25) is 5.91 Å². The van der Waals surface area contributed by atoms with Crippen LogP contribution in [0.2, 0.25) is 0 Å². The Balaban J connectivity index is 2.06. The second-order valence-electron chi connectivity index (χ2n) is 5.32. The van der Waals surface area contributed by atoms with Gasteiger partial charge in [-0.2, -0.15) is 0 Å². The van der Waals surface area contributed by atoms with Crippen LogP contribution in [0.3, 0.4) is 0 Å². The molecule has 0 atom stereocenters. The van der Waals surface area contributed by atoms with Crippen LogP contribution in [0.5, 0.6) is 5.75 Å². The molecule has 0 radical (unpaired) electrons. The van der Waals surface area contributed by atoms with Gasteiger partial charge in [0.05, 0.1) is 19.1 Å². The third kappa shape index (κ3) is 4.32. The highest BCUT2D eigenvalue weighted by Crippen LogP contribution is 2.19. The summed E-state index contributed by atoms with van der Waals surface area (Å²) in [4.78, 5) is 25.5. The summed E-state index contributed by atoms with van der Waals surface area (Å²) in [6, 6.07) is 14.3. The van der Waals surface area contributed by atoms with E-state index in [1.807, 2.05) is 18.2 Å². The average molecular weight is 312 g/mol. The van der Waals surface area contributed by atoms with Crippen molar-refractivity contribution in [3.8, 4) is 5.75 Å². The maximum atomic E-state index is 12.3. The van der Waals surface area contributed by atoms with Crippen molar-refractivity contribution < 1.29 is 14.3 Å². The van der Waals surface area contributed by atoms with Gasteiger partial charge in [0.15, 0.2) is 0 Å². The molecule has 0 aliphatic heterocycles. The Morgan fingerprint density at radius 1 is 1.04 bits per heavy atom. The molecule has 0 heterocycles. The number of benzene rings is 2. The van der Waals surface area contributed by atoms with E-state index in [1.54, 1.807) is 49.3 Å². The lowest BCUT2D eigenvalue weighted by molar-refractivity contribution is -0.127. The minimum Gasteiger partial charge on any atom is -0.496 e. The zero-order valence-electron chi connectivity index (χ0n) is 13.5. The Hall–Kier alpha value is -2.82. The average Bonchev–Trinajstić information content (AvgIpc) is 2.56. The first kappa shape index (κ1) is 16.5. The van der Waals surface area contributed by atoms with Gasteiger partial charge in [-0.05, 0) is 29.8 Å². The van der Waals surface area contributed by atoms with Crippen molar-refractivity contribution in [3.05, 3.63) is 59.7 Å². The molecule has 5 heteroatoms. The van der Waals surface area contributed by atoms with E-state index < -0.39 is 0 Å². The fourth-order valence-electron chi connectivity index (χ4n) is 2.07. The molecule has 5 nitrogen and oxygen atoms in total. The summed E-state index contributed by atoms with van der Waals surface area (Å²) in [7, 11) is 4.98. The minimum atomic E-state index is -0.237. The zero-order valence-corrected chi connectivity index (χ0v) is 13.5. The monoisotopic (exact) mass is 312 g/mol. The van der Waals surface area contributed by atoms with Crippen molar-refractivity contribution >= 4 is 17.5 Å². The first-order valence-corrected chi connectivity index (χ1v) is 7.24. The van der Waals surface area contributed by atoms with E-state index in [0.29, 0.717) is 23.4 Å². The summed E-state index contributed by atoms with van der Waals surface area (Å²) >= 11 is 0. The molecule has 1 N–H and O–H groups in total. The summed E-state index contributed by atoms with van der Waals surface area (Å²) in [5.74, 6) is 0.327. The molecule has 0 unspecified atom stereocenters. The summed E-state index contributed by atoms with van der Waals surface area (Å²) in [6.45, 7) is 0. The molecule has 0 fully saturated rings. The van der Waals surface area contributed by atoms with Crippen LogP contribution in [0.4, 0.5) is 5.69 Å². The summed E-state index contributed by atoms with van der Waals surface area (Å²) < 4.78 is 5.19. The molecule has 23 heavy (non-hydrogen) atoms. The molecule has 2 aromatic carbocycles. The Kier molecular flexibility index (Phi) is 5.36. The highest BCUT2D eigenvalue weighted by molar-refractivity contribution is 6.06. The van der Waals surface area contributed by atoms with Crippen LogP contribution < -0.4 is 10.1 Å². The van der Waals surface area contributed by atoms with Gasteiger partial charge < -0.3 is 15.0 Å². The number of nitrogens with zero attached hydrogens (tertiary/aromatic N) is 1. The molecular weight excluding hydrogens is 292 g/mol. The van der Waals surface area contributed by atoms with Crippen molar-refractivity contribution in [2.24, 2.45) is 0 Å². The number of rotatable bonds is 5. The van der Waals surface area contributed by atoms with Crippen molar-refractivity contribution in [3.63, 3.8) is 0 Å². The Bertz CT molecular complexity index is 694. The number of carbonyl (C=O) groups is 2. The molecule has 0 bridgehead atoms. The Labute approximate surface area is 135 Å². The minimum absolute atomic E-state index is 0.0378. The van der Waals surface area contributed by atoms with E-state index in [-0.39, 0.29) is 11.8 Å². The highest BCUT2D eigenvalue weighted by atomic mass is 16.5. The van der Waals surface area contributed by atoms with Crippen LogP contribution in [0, 0.1) is 0 Å². The van der Waals surface area contributed by atoms with Gasteiger partial charge in [0.25, 0.3) is 5.91 Å². The third-order valence-corrected chi connectivity index (χ3v) is 3.42. The Morgan fingerprint density at radius 3 is 2.30 bits per heavy atom. The molecule has 2 amide bonds. The van der Waals surface area contributed by atoms with E-state index in [2.05, 4.69) is 5.32 Å². The number of methoxy groups -OCH3 is 1. The number of hydrogen-bond acceptors (Lipinski definition) is 3. The number of amides is 2. The predicted molar refractivity (Wildman–Crippen MR) is 89.8 cm³/mol. The van der Waals surface area contributed by atoms with Gasteiger partial charge in [-0.15, -0.1) is 0 Å².